The standard InChI is InChI=1S/C11H18O6/c1-7(2)5-10(13)17-8(11(14)16-4)6-9(12)15-3/h7-8H,5-6H2,1-4H3/t8-/m0/s1. The number of methoxy groups -OCH3 is 2. The summed E-state index contributed by atoms with van der Waals surface area (Å²) in [5.74, 6) is -1.84. The number of hydrogen-bond donors (Lipinski definition) is 0. The second kappa shape index (κ2) is 7.65. The molecule has 0 fully saturated rings. The van der Waals surface area contributed by atoms with Gasteiger partial charge in [0.1, 0.15) is 0 Å². The number of carbonyl (C=O) groups excluding carboxylic acids is 3. The molecule has 0 spiro atoms. The zero-order chi connectivity index (χ0) is 13.4. The molecule has 0 aromatic carbocycles. The quantitative estimate of drug-likeness (QED) is 0.506. The van der Waals surface area contributed by atoms with E-state index in [9.17, 15) is 14.4 Å². The van der Waals surface area contributed by atoms with Crippen LogP contribution in [0.2, 0.25) is 0 Å². The fraction of sp³-hybridized carbons (Fsp3) is 0.727. The Kier molecular flexibility index (Phi) is 6.93. The molecule has 6 heteroatoms. The van der Waals surface area contributed by atoms with E-state index in [1.807, 2.05) is 13.8 Å². The molecule has 0 aromatic rings. The molecule has 0 aromatic heterocycles. The van der Waals surface area contributed by atoms with Crippen molar-refractivity contribution < 1.29 is 28.6 Å². The Balaban J connectivity index is 4.43. The summed E-state index contributed by atoms with van der Waals surface area (Å²) < 4.78 is 13.7. The number of esters is 3. The van der Waals surface area contributed by atoms with Gasteiger partial charge in [-0.3, -0.25) is 9.59 Å². The minimum atomic E-state index is -1.24. The van der Waals surface area contributed by atoms with Crippen LogP contribution in [-0.2, 0) is 28.6 Å². The molecule has 0 N–H and O–H groups in total. The maximum atomic E-state index is 11.4. The van der Waals surface area contributed by atoms with Crippen LogP contribution in [0.4, 0.5) is 0 Å². The van der Waals surface area contributed by atoms with E-state index in [1.54, 1.807) is 0 Å². The molecule has 0 rings (SSSR count). The van der Waals surface area contributed by atoms with Gasteiger partial charge in [0.25, 0.3) is 0 Å². The van der Waals surface area contributed by atoms with Gasteiger partial charge in [-0.05, 0) is 5.92 Å². The molecule has 0 aliphatic rings. The highest BCUT2D eigenvalue weighted by Gasteiger charge is 2.27. The van der Waals surface area contributed by atoms with Crippen LogP contribution in [0.15, 0.2) is 0 Å². The summed E-state index contributed by atoms with van der Waals surface area (Å²) in [6.45, 7) is 3.68. The van der Waals surface area contributed by atoms with Crippen molar-refractivity contribution in [1.82, 2.24) is 0 Å². The van der Waals surface area contributed by atoms with Crippen LogP contribution in [0.3, 0.4) is 0 Å². The largest absolute Gasteiger partial charge is 0.469 e. The van der Waals surface area contributed by atoms with Crippen molar-refractivity contribution in [2.75, 3.05) is 14.2 Å². The molecule has 0 saturated heterocycles. The molecule has 6 nitrogen and oxygen atoms in total. The first-order valence-corrected chi connectivity index (χ1v) is 5.24. The van der Waals surface area contributed by atoms with Crippen molar-refractivity contribution in [2.45, 2.75) is 32.8 Å². The summed E-state index contributed by atoms with van der Waals surface area (Å²) in [4.78, 5) is 33.7. The maximum absolute atomic E-state index is 11.4. The molecule has 0 bridgehead atoms. The lowest BCUT2D eigenvalue weighted by molar-refractivity contribution is -0.170. The maximum Gasteiger partial charge on any atom is 0.347 e. The first kappa shape index (κ1) is 15.4. The molecule has 98 valence electrons. The zero-order valence-corrected chi connectivity index (χ0v) is 10.5. The van der Waals surface area contributed by atoms with Crippen LogP contribution in [0.25, 0.3) is 0 Å². The highest BCUT2D eigenvalue weighted by molar-refractivity contribution is 5.84. The molecule has 0 aliphatic heterocycles. The van der Waals surface area contributed by atoms with Crippen molar-refractivity contribution >= 4 is 17.9 Å². The lowest BCUT2D eigenvalue weighted by Gasteiger charge is -2.15. The van der Waals surface area contributed by atoms with E-state index in [0.717, 1.165) is 7.11 Å². The van der Waals surface area contributed by atoms with Gasteiger partial charge in [-0.15, -0.1) is 0 Å². The number of ether oxygens (including phenoxy) is 3. The molecule has 1 atom stereocenters. The first-order chi connectivity index (χ1) is 7.90. The van der Waals surface area contributed by atoms with Crippen molar-refractivity contribution in [3.63, 3.8) is 0 Å². The van der Waals surface area contributed by atoms with Gasteiger partial charge in [-0.2, -0.15) is 0 Å². The highest BCUT2D eigenvalue weighted by atomic mass is 16.6. The van der Waals surface area contributed by atoms with Crippen molar-refractivity contribution in [2.24, 2.45) is 5.92 Å². The van der Waals surface area contributed by atoms with Gasteiger partial charge < -0.3 is 14.2 Å². The summed E-state index contributed by atoms with van der Waals surface area (Å²) in [6.07, 6.45) is -1.40. The van der Waals surface area contributed by atoms with E-state index >= 15 is 0 Å². The molecular weight excluding hydrogens is 228 g/mol. The Labute approximate surface area is 100 Å². The van der Waals surface area contributed by atoms with Crippen LogP contribution >= 0.6 is 0 Å². The minimum absolute atomic E-state index is 0.110. The SMILES string of the molecule is COC(=O)C[C@H](OC(=O)CC(C)C)C(=O)OC. The summed E-state index contributed by atoms with van der Waals surface area (Å²) >= 11 is 0. The second-order valence-corrected chi connectivity index (χ2v) is 3.88. The third-order valence-corrected chi connectivity index (χ3v) is 1.89. The Morgan fingerprint density at radius 1 is 0.941 bits per heavy atom. The van der Waals surface area contributed by atoms with Crippen molar-refractivity contribution in [1.29, 1.82) is 0 Å². The van der Waals surface area contributed by atoms with Crippen LogP contribution in [0.5, 0.6) is 0 Å². The predicted octanol–water partition coefficient (Wildman–Crippen LogP) is 0.680. The number of hydrogen-bond acceptors (Lipinski definition) is 6. The van der Waals surface area contributed by atoms with E-state index in [-0.39, 0.29) is 18.8 Å². The Morgan fingerprint density at radius 2 is 1.53 bits per heavy atom. The Hall–Kier alpha value is -1.59. The van der Waals surface area contributed by atoms with Crippen LogP contribution in [0, 0.1) is 5.92 Å². The number of rotatable bonds is 6. The van der Waals surface area contributed by atoms with Gasteiger partial charge in [0.15, 0.2) is 0 Å². The summed E-state index contributed by atoms with van der Waals surface area (Å²) in [6, 6.07) is 0. The van der Waals surface area contributed by atoms with E-state index in [0.29, 0.717) is 0 Å². The minimum Gasteiger partial charge on any atom is -0.469 e. The van der Waals surface area contributed by atoms with Crippen LogP contribution in [0.1, 0.15) is 26.7 Å². The third-order valence-electron chi connectivity index (χ3n) is 1.89. The number of carbonyl (C=O) groups is 3. The van der Waals surface area contributed by atoms with E-state index in [1.165, 1.54) is 7.11 Å². The van der Waals surface area contributed by atoms with E-state index < -0.39 is 24.0 Å². The summed E-state index contributed by atoms with van der Waals surface area (Å²) in [7, 11) is 2.34. The third kappa shape index (κ3) is 6.55. The fourth-order valence-corrected chi connectivity index (χ4v) is 1.08. The topological polar surface area (TPSA) is 78.9 Å². The van der Waals surface area contributed by atoms with Gasteiger partial charge >= 0.3 is 17.9 Å². The van der Waals surface area contributed by atoms with Gasteiger partial charge in [-0.1, -0.05) is 13.8 Å². The lowest BCUT2D eigenvalue weighted by atomic mass is 10.1. The van der Waals surface area contributed by atoms with Crippen LogP contribution < -0.4 is 0 Å². The Morgan fingerprint density at radius 3 is 1.94 bits per heavy atom. The Bertz CT molecular complexity index is 284. The lowest BCUT2D eigenvalue weighted by Crippen LogP contribution is -2.31. The highest BCUT2D eigenvalue weighted by Crippen LogP contribution is 2.08. The normalized spacial score (nSPS) is 11.8. The molecule has 0 radical (unpaired) electrons. The summed E-state index contributed by atoms with van der Waals surface area (Å²) in [5, 5.41) is 0. The van der Waals surface area contributed by atoms with Crippen molar-refractivity contribution in [3.05, 3.63) is 0 Å². The smallest absolute Gasteiger partial charge is 0.347 e. The molecule has 17 heavy (non-hydrogen) atoms. The monoisotopic (exact) mass is 246 g/mol. The molecular formula is C11H18O6. The molecule has 0 amide bonds. The van der Waals surface area contributed by atoms with E-state index in [4.69, 9.17) is 4.74 Å². The van der Waals surface area contributed by atoms with Gasteiger partial charge in [0.05, 0.1) is 20.6 Å². The van der Waals surface area contributed by atoms with Crippen LogP contribution in [-0.4, -0.2) is 38.2 Å². The van der Waals surface area contributed by atoms with E-state index in [2.05, 4.69) is 9.47 Å². The van der Waals surface area contributed by atoms with Gasteiger partial charge in [-0.25, -0.2) is 4.79 Å². The average Bonchev–Trinajstić information content (AvgIpc) is 2.25. The molecule has 0 aliphatic carbocycles. The van der Waals surface area contributed by atoms with Gasteiger partial charge in [0.2, 0.25) is 6.10 Å². The first-order valence-electron chi connectivity index (χ1n) is 5.24. The summed E-state index contributed by atoms with van der Waals surface area (Å²) in [5.41, 5.74) is 0. The molecule has 0 saturated carbocycles. The molecule has 0 heterocycles. The average molecular weight is 246 g/mol. The van der Waals surface area contributed by atoms with Crippen molar-refractivity contribution in [3.8, 4) is 0 Å². The van der Waals surface area contributed by atoms with Gasteiger partial charge in [0, 0.05) is 6.42 Å². The predicted molar refractivity (Wildman–Crippen MR) is 58.0 cm³/mol. The fourth-order valence-electron chi connectivity index (χ4n) is 1.08. The molecule has 0 unspecified atom stereocenters. The zero-order valence-electron chi connectivity index (χ0n) is 10.5. The second-order valence-electron chi connectivity index (χ2n) is 3.88.